The number of benzene rings is 2. The van der Waals surface area contributed by atoms with Gasteiger partial charge in [0.1, 0.15) is 5.75 Å². The molecule has 2 aromatic carbocycles. The summed E-state index contributed by atoms with van der Waals surface area (Å²) in [4.78, 5) is 0. The van der Waals surface area contributed by atoms with Crippen LogP contribution in [0.3, 0.4) is 0 Å². The maximum atomic E-state index is 5.74. The van der Waals surface area contributed by atoms with Gasteiger partial charge in [-0.2, -0.15) is 0 Å². The highest BCUT2D eigenvalue weighted by Gasteiger charge is 2.47. The molecular weight excluding hydrogens is 332 g/mol. The Morgan fingerprint density at radius 2 is 1.93 bits per heavy atom. The molecule has 2 aliphatic rings. The molecule has 0 radical (unpaired) electrons. The van der Waals surface area contributed by atoms with Gasteiger partial charge in [-0.05, 0) is 54.5 Å². The second-order valence-corrected chi connectivity index (χ2v) is 8.50. The Morgan fingerprint density at radius 3 is 2.67 bits per heavy atom. The van der Waals surface area contributed by atoms with Crippen LogP contribution in [0.4, 0.5) is 0 Å². The summed E-state index contributed by atoms with van der Waals surface area (Å²) in [6.45, 7) is 6.63. The molecule has 0 aromatic heterocycles. The van der Waals surface area contributed by atoms with Crippen molar-refractivity contribution in [3.63, 3.8) is 0 Å². The lowest BCUT2D eigenvalue weighted by atomic mass is 9.75. The SMILES string of the molecule is COc1ccc(C(C)C)cc1C1CNC2(CCCNC2c2ccccc2)C1. The minimum Gasteiger partial charge on any atom is -0.496 e. The van der Waals surface area contributed by atoms with Crippen molar-refractivity contribution in [2.24, 2.45) is 0 Å². The van der Waals surface area contributed by atoms with Crippen LogP contribution in [-0.4, -0.2) is 25.7 Å². The van der Waals surface area contributed by atoms with Gasteiger partial charge < -0.3 is 15.4 Å². The van der Waals surface area contributed by atoms with Gasteiger partial charge in [-0.1, -0.05) is 56.3 Å². The molecule has 2 fully saturated rings. The van der Waals surface area contributed by atoms with Gasteiger partial charge in [0.15, 0.2) is 0 Å². The van der Waals surface area contributed by atoms with Gasteiger partial charge >= 0.3 is 0 Å². The molecule has 27 heavy (non-hydrogen) atoms. The molecule has 144 valence electrons. The largest absolute Gasteiger partial charge is 0.496 e. The molecule has 2 heterocycles. The number of methoxy groups -OCH3 is 1. The Hall–Kier alpha value is -1.84. The Labute approximate surface area is 163 Å². The molecule has 3 nitrogen and oxygen atoms in total. The van der Waals surface area contributed by atoms with E-state index in [4.69, 9.17) is 4.74 Å². The van der Waals surface area contributed by atoms with E-state index in [1.807, 2.05) is 0 Å². The van der Waals surface area contributed by atoms with Gasteiger partial charge in [-0.3, -0.25) is 0 Å². The first-order valence-corrected chi connectivity index (χ1v) is 10.3. The fraction of sp³-hybridized carbons (Fsp3) is 0.500. The maximum absolute atomic E-state index is 5.74. The average molecular weight is 365 g/mol. The van der Waals surface area contributed by atoms with Crippen molar-refractivity contribution in [3.8, 4) is 5.75 Å². The molecule has 3 heteroatoms. The maximum Gasteiger partial charge on any atom is 0.122 e. The van der Waals surface area contributed by atoms with E-state index in [1.165, 1.54) is 29.5 Å². The van der Waals surface area contributed by atoms with E-state index in [2.05, 4.69) is 73.0 Å². The molecule has 0 bridgehead atoms. The minimum absolute atomic E-state index is 0.128. The van der Waals surface area contributed by atoms with Crippen LogP contribution in [0.1, 0.15) is 67.7 Å². The Balaban J connectivity index is 1.65. The van der Waals surface area contributed by atoms with Crippen molar-refractivity contribution in [1.29, 1.82) is 0 Å². The molecule has 0 amide bonds. The number of hydrogen-bond acceptors (Lipinski definition) is 3. The van der Waals surface area contributed by atoms with Crippen LogP contribution in [0.5, 0.6) is 5.75 Å². The standard InChI is InChI=1S/C24H32N2O/c1-17(2)19-10-11-22(27-3)21(14-19)20-15-24(26-16-20)12-7-13-25-23(24)18-8-5-4-6-9-18/h4-6,8-11,14,17,20,23,25-26H,7,12-13,15-16H2,1-3H3. The first-order valence-electron chi connectivity index (χ1n) is 10.3. The molecule has 3 atom stereocenters. The molecule has 2 aromatic rings. The summed E-state index contributed by atoms with van der Waals surface area (Å²) in [5.41, 5.74) is 4.29. The van der Waals surface area contributed by atoms with Crippen LogP contribution in [0, 0.1) is 0 Å². The fourth-order valence-electron chi connectivity index (χ4n) is 5.04. The van der Waals surface area contributed by atoms with Crippen LogP contribution in [0.15, 0.2) is 48.5 Å². The highest BCUT2D eigenvalue weighted by Crippen LogP contribution is 2.46. The van der Waals surface area contributed by atoms with Crippen LogP contribution < -0.4 is 15.4 Å². The summed E-state index contributed by atoms with van der Waals surface area (Å²) in [5, 5.41) is 7.76. The lowest BCUT2D eigenvalue weighted by Gasteiger charge is -2.43. The van der Waals surface area contributed by atoms with Crippen molar-refractivity contribution >= 4 is 0 Å². The molecule has 1 spiro atoms. The van der Waals surface area contributed by atoms with E-state index in [0.717, 1.165) is 25.3 Å². The second kappa shape index (κ2) is 7.65. The summed E-state index contributed by atoms with van der Waals surface area (Å²) in [5.74, 6) is 2.06. The van der Waals surface area contributed by atoms with E-state index >= 15 is 0 Å². The monoisotopic (exact) mass is 364 g/mol. The fourth-order valence-corrected chi connectivity index (χ4v) is 5.04. The quantitative estimate of drug-likeness (QED) is 0.821. The summed E-state index contributed by atoms with van der Waals surface area (Å²) in [6.07, 6.45) is 3.60. The van der Waals surface area contributed by atoms with Crippen LogP contribution in [0.2, 0.25) is 0 Å². The predicted molar refractivity (Wildman–Crippen MR) is 112 cm³/mol. The van der Waals surface area contributed by atoms with Gasteiger partial charge in [-0.25, -0.2) is 0 Å². The van der Waals surface area contributed by atoms with E-state index < -0.39 is 0 Å². The molecule has 2 aliphatic heterocycles. The highest BCUT2D eigenvalue weighted by molar-refractivity contribution is 5.42. The lowest BCUT2D eigenvalue weighted by Crippen LogP contribution is -2.54. The molecular formula is C24H32N2O. The van der Waals surface area contributed by atoms with Gasteiger partial charge in [0.2, 0.25) is 0 Å². The number of piperidine rings is 1. The van der Waals surface area contributed by atoms with Crippen molar-refractivity contribution in [2.45, 2.75) is 56.5 Å². The summed E-state index contributed by atoms with van der Waals surface area (Å²) in [7, 11) is 1.79. The summed E-state index contributed by atoms with van der Waals surface area (Å²) >= 11 is 0. The van der Waals surface area contributed by atoms with E-state index in [1.54, 1.807) is 7.11 Å². The van der Waals surface area contributed by atoms with Gasteiger partial charge in [0.05, 0.1) is 13.2 Å². The zero-order valence-corrected chi connectivity index (χ0v) is 16.8. The van der Waals surface area contributed by atoms with Crippen LogP contribution in [-0.2, 0) is 0 Å². The first-order chi connectivity index (χ1) is 13.1. The van der Waals surface area contributed by atoms with Crippen LogP contribution in [0.25, 0.3) is 0 Å². The number of nitrogens with one attached hydrogen (secondary N) is 2. The van der Waals surface area contributed by atoms with E-state index in [-0.39, 0.29) is 5.54 Å². The summed E-state index contributed by atoms with van der Waals surface area (Å²) in [6, 6.07) is 18.1. The van der Waals surface area contributed by atoms with E-state index in [9.17, 15) is 0 Å². The molecule has 3 unspecified atom stereocenters. The van der Waals surface area contributed by atoms with Gasteiger partial charge in [-0.15, -0.1) is 0 Å². The molecule has 2 saturated heterocycles. The predicted octanol–water partition coefficient (Wildman–Crippen LogP) is 4.76. The average Bonchev–Trinajstić information content (AvgIpc) is 3.12. The summed E-state index contributed by atoms with van der Waals surface area (Å²) < 4.78 is 5.74. The van der Waals surface area contributed by atoms with Gasteiger partial charge in [0, 0.05) is 18.0 Å². The van der Waals surface area contributed by atoms with E-state index in [0.29, 0.717) is 17.9 Å². The third kappa shape index (κ3) is 3.51. The molecule has 0 aliphatic carbocycles. The number of hydrogen-bond donors (Lipinski definition) is 2. The number of rotatable bonds is 4. The molecule has 2 N–H and O–H groups in total. The topological polar surface area (TPSA) is 33.3 Å². The van der Waals surface area contributed by atoms with Crippen LogP contribution >= 0.6 is 0 Å². The Bertz CT molecular complexity index is 773. The number of ether oxygens (including phenoxy) is 1. The Kier molecular flexibility index (Phi) is 5.25. The third-order valence-corrected chi connectivity index (χ3v) is 6.51. The lowest BCUT2D eigenvalue weighted by molar-refractivity contribution is 0.202. The minimum atomic E-state index is 0.128. The normalized spacial score (nSPS) is 28.0. The zero-order chi connectivity index (χ0) is 18.9. The smallest absolute Gasteiger partial charge is 0.122 e. The van der Waals surface area contributed by atoms with Crippen molar-refractivity contribution in [2.75, 3.05) is 20.2 Å². The van der Waals surface area contributed by atoms with Crippen molar-refractivity contribution in [1.82, 2.24) is 10.6 Å². The molecule has 4 rings (SSSR count). The third-order valence-electron chi connectivity index (χ3n) is 6.51. The Morgan fingerprint density at radius 1 is 1.11 bits per heavy atom. The van der Waals surface area contributed by atoms with Gasteiger partial charge in [0.25, 0.3) is 0 Å². The molecule has 0 saturated carbocycles. The second-order valence-electron chi connectivity index (χ2n) is 8.50. The first kappa shape index (κ1) is 18.5. The zero-order valence-electron chi connectivity index (χ0n) is 16.8. The van der Waals surface area contributed by atoms with Crippen molar-refractivity contribution in [3.05, 3.63) is 65.2 Å². The van der Waals surface area contributed by atoms with Crippen molar-refractivity contribution < 1.29 is 4.74 Å². The highest BCUT2D eigenvalue weighted by atomic mass is 16.5.